The van der Waals surface area contributed by atoms with Crippen LogP contribution in [-0.2, 0) is 14.3 Å². The predicted molar refractivity (Wildman–Crippen MR) is 85.6 cm³/mol. The number of hydrogen-bond acceptors (Lipinski definition) is 6. The van der Waals surface area contributed by atoms with E-state index in [-0.39, 0.29) is 19.2 Å². The van der Waals surface area contributed by atoms with Crippen molar-refractivity contribution in [3.8, 4) is 11.5 Å². The Hall–Kier alpha value is -2.28. The van der Waals surface area contributed by atoms with Crippen LogP contribution < -0.4 is 14.8 Å². The van der Waals surface area contributed by atoms with E-state index >= 15 is 0 Å². The Kier molecular flexibility index (Phi) is 7.34. The van der Waals surface area contributed by atoms with Crippen molar-refractivity contribution in [3.63, 3.8) is 0 Å². The molecule has 1 aromatic carbocycles. The van der Waals surface area contributed by atoms with Gasteiger partial charge in [-0.15, -0.1) is 0 Å². The normalized spacial score (nSPS) is 11.7. The number of likely N-dealkylation sites (N-methyl/N-ethyl adjacent to an activating group) is 1. The SMILES string of the molecule is CCOC(=O)C(=O)NCC(c1ccc(OC)c(OC)c1)N(C)C. The van der Waals surface area contributed by atoms with Gasteiger partial charge in [0, 0.05) is 6.54 Å². The summed E-state index contributed by atoms with van der Waals surface area (Å²) < 4.78 is 15.2. The van der Waals surface area contributed by atoms with E-state index in [1.165, 1.54) is 0 Å². The van der Waals surface area contributed by atoms with Crippen LogP contribution in [0.4, 0.5) is 0 Å². The van der Waals surface area contributed by atoms with Crippen LogP contribution in [-0.4, -0.2) is 58.2 Å². The fraction of sp³-hybridized carbons (Fsp3) is 0.500. The fourth-order valence-corrected chi connectivity index (χ4v) is 2.12. The molecule has 1 amide bonds. The maximum absolute atomic E-state index is 11.7. The molecule has 0 spiro atoms. The lowest BCUT2D eigenvalue weighted by Crippen LogP contribution is -2.38. The van der Waals surface area contributed by atoms with Gasteiger partial charge in [0.15, 0.2) is 11.5 Å². The van der Waals surface area contributed by atoms with Crippen LogP contribution in [0.2, 0.25) is 0 Å². The Morgan fingerprint density at radius 3 is 2.35 bits per heavy atom. The van der Waals surface area contributed by atoms with Crippen molar-refractivity contribution in [1.82, 2.24) is 10.2 Å². The average molecular weight is 324 g/mol. The Balaban J connectivity index is 2.87. The van der Waals surface area contributed by atoms with Crippen LogP contribution >= 0.6 is 0 Å². The standard InChI is InChI=1S/C16H24N2O5/c1-6-23-16(20)15(19)17-10-12(18(2)3)11-7-8-13(21-4)14(9-11)22-5/h7-9,12H,6,10H2,1-5H3,(H,17,19). The van der Waals surface area contributed by atoms with Gasteiger partial charge < -0.3 is 24.4 Å². The lowest BCUT2D eigenvalue weighted by atomic mass is 10.1. The van der Waals surface area contributed by atoms with Crippen LogP contribution in [0.15, 0.2) is 18.2 Å². The molecule has 128 valence electrons. The minimum absolute atomic E-state index is 0.131. The highest BCUT2D eigenvalue weighted by Crippen LogP contribution is 2.31. The molecule has 1 aromatic rings. The molecular weight excluding hydrogens is 300 g/mol. The van der Waals surface area contributed by atoms with E-state index in [0.717, 1.165) is 5.56 Å². The van der Waals surface area contributed by atoms with Gasteiger partial charge in [-0.2, -0.15) is 0 Å². The van der Waals surface area contributed by atoms with Gasteiger partial charge in [0.1, 0.15) is 0 Å². The number of amides is 1. The number of carbonyl (C=O) groups excluding carboxylic acids is 2. The number of rotatable bonds is 7. The lowest BCUT2D eigenvalue weighted by Gasteiger charge is -2.25. The quantitative estimate of drug-likeness (QED) is 0.595. The van der Waals surface area contributed by atoms with Crippen molar-refractivity contribution in [1.29, 1.82) is 0 Å². The van der Waals surface area contributed by atoms with Crippen molar-refractivity contribution in [2.45, 2.75) is 13.0 Å². The number of nitrogens with one attached hydrogen (secondary N) is 1. The number of esters is 1. The molecule has 1 unspecified atom stereocenters. The summed E-state index contributed by atoms with van der Waals surface area (Å²) in [6.45, 7) is 2.08. The first-order chi connectivity index (χ1) is 10.9. The van der Waals surface area contributed by atoms with Crippen molar-refractivity contribution >= 4 is 11.9 Å². The first-order valence-corrected chi connectivity index (χ1v) is 7.27. The topological polar surface area (TPSA) is 77.1 Å². The van der Waals surface area contributed by atoms with Gasteiger partial charge in [0.25, 0.3) is 0 Å². The molecule has 0 fully saturated rings. The highest BCUT2D eigenvalue weighted by atomic mass is 16.5. The third kappa shape index (κ3) is 5.14. The van der Waals surface area contributed by atoms with Gasteiger partial charge in [-0.25, -0.2) is 4.79 Å². The van der Waals surface area contributed by atoms with Crippen LogP contribution in [0.3, 0.4) is 0 Å². The summed E-state index contributed by atoms with van der Waals surface area (Å²) in [4.78, 5) is 25.0. The molecule has 1 rings (SSSR count). The van der Waals surface area contributed by atoms with E-state index in [4.69, 9.17) is 9.47 Å². The van der Waals surface area contributed by atoms with Gasteiger partial charge in [-0.05, 0) is 38.7 Å². The molecule has 0 heterocycles. The first kappa shape index (κ1) is 18.8. The van der Waals surface area contributed by atoms with Crippen LogP contribution in [0.1, 0.15) is 18.5 Å². The largest absolute Gasteiger partial charge is 0.493 e. The average Bonchev–Trinajstić information content (AvgIpc) is 2.54. The number of carbonyl (C=O) groups is 2. The Morgan fingerprint density at radius 1 is 1.17 bits per heavy atom. The summed E-state index contributed by atoms with van der Waals surface area (Å²) in [5, 5.41) is 2.59. The summed E-state index contributed by atoms with van der Waals surface area (Å²) in [6, 6.07) is 5.41. The summed E-state index contributed by atoms with van der Waals surface area (Å²) in [7, 11) is 6.91. The van der Waals surface area contributed by atoms with Gasteiger partial charge in [0.2, 0.25) is 0 Å². The maximum Gasteiger partial charge on any atom is 0.396 e. The molecule has 1 N–H and O–H groups in total. The Labute approximate surface area is 136 Å². The second-order valence-corrected chi connectivity index (χ2v) is 5.02. The van der Waals surface area contributed by atoms with Crippen molar-refractivity contribution < 1.29 is 23.8 Å². The zero-order valence-electron chi connectivity index (χ0n) is 14.2. The van der Waals surface area contributed by atoms with E-state index in [2.05, 4.69) is 10.1 Å². The third-order valence-electron chi connectivity index (χ3n) is 3.33. The molecule has 0 bridgehead atoms. The van der Waals surface area contributed by atoms with E-state index < -0.39 is 11.9 Å². The van der Waals surface area contributed by atoms with Gasteiger partial charge in [-0.1, -0.05) is 6.07 Å². The number of methoxy groups -OCH3 is 2. The lowest BCUT2D eigenvalue weighted by molar-refractivity contribution is -0.154. The van der Waals surface area contributed by atoms with Crippen molar-refractivity contribution in [2.24, 2.45) is 0 Å². The van der Waals surface area contributed by atoms with E-state index in [9.17, 15) is 9.59 Å². The van der Waals surface area contributed by atoms with E-state index in [0.29, 0.717) is 11.5 Å². The summed E-state index contributed by atoms with van der Waals surface area (Å²) in [5.41, 5.74) is 0.928. The maximum atomic E-state index is 11.7. The monoisotopic (exact) mass is 324 g/mol. The molecular formula is C16H24N2O5. The zero-order valence-corrected chi connectivity index (χ0v) is 14.2. The Morgan fingerprint density at radius 2 is 1.83 bits per heavy atom. The smallest absolute Gasteiger partial charge is 0.396 e. The molecule has 23 heavy (non-hydrogen) atoms. The molecule has 1 atom stereocenters. The first-order valence-electron chi connectivity index (χ1n) is 7.27. The van der Waals surface area contributed by atoms with Gasteiger partial charge in [0.05, 0.1) is 26.9 Å². The minimum atomic E-state index is -0.877. The van der Waals surface area contributed by atoms with E-state index in [1.807, 2.05) is 31.1 Å². The summed E-state index contributed by atoms with van der Waals surface area (Å²) in [6.07, 6.45) is 0. The molecule has 0 aliphatic heterocycles. The van der Waals surface area contributed by atoms with Crippen molar-refractivity contribution in [2.75, 3.05) is 41.5 Å². The number of benzene rings is 1. The third-order valence-corrected chi connectivity index (χ3v) is 3.33. The second kappa shape index (κ2) is 8.99. The predicted octanol–water partition coefficient (Wildman–Crippen LogP) is 0.986. The molecule has 0 saturated carbocycles. The van der Waals surface area contributed by atoms with Crippen LogP contribution in [0, 0.1) is 0 Å². The fourth-order valence-electron chi connectivity index (χ4n) is 2.12. The molecule has 7 nitrogen and oxygen atoms in total. The number of nitrogens with zero attached hydrogens (tertiary/aromatic N) is 1. The molecule has 0 aliphatic rings. The highest BCUT2D eigenvalue weighted by Gasteiger charge is 2.20. The second-order valence-electron chi connectivity index (χ2n) is 5.02. The molecule has 7 heteroatoms. The molecule has 0 radical (unpaired) electrons. The number of hydrogen-bond donors (Lipinski definition) is 1. The zero-order chi connectivity index (χ0) is 17.4. The molecule has 0 aliphatic carbocycles. The Bertz CT molecular complexity index is 545. The summed E-state index contributed by atoms with van der Waals surface area (Å²) >= 11 is 0. The summed E-state index contributed by atoms with van der Waals surface area (Å²) in [5.74, 6) is -0.394. The highest BCUT2D eigenvalue weighted by molar-refractivity contribution is 6.32. The van der Waals surface area contributed by atoms with Gasteiger partial charge >= 0.3 is 11.9 Å². The van der Waals surface area contributed by atoms with Crippen LogP contribution in [0.5, 0.6) is 11.5 Å². The molecule has 0 saturated heterocycles. The minimum Gasteiger partial charge on any atom is -0.493 e. The van der Waals surface area contributed by atoms with Crippen LogP contribution in [0.25, 0.3) is 0 Å². The number of ether oxygens (including phenoxy) is 3. The van der Waals surface area contributed by atoms with Crippen molar-refractivity contribution in [3.05, 3.63) is 23.8 Å². The van der Waals surface area contributed by atoms with E-state index in [1.54, 1.807) is 27.2 Å². The van der Waals surface area contributed by atoms with Gasteiger partial charge in [-0.3, -0.25) is 4.79 Å². The molecule has 0 aromatic heterocycles.